The lowest BCUT2D eigenvalue weighted by atomic mass is 10.1. The third kappa shape index (κ3) is 3.07. The Labute approximate surface area is 161 Å². The minimum atomic E-state index is -4.52. The molecule has 2 saturated carbocycles. The van der Waals surface area contributed by atoms with E-state index in [-0.39, 0.29) is 0 Å². The molecule has 2 aromatic rings. The van der Waals surface area contributed by atoms with Crippen LogP contribution in [-0.2, 0) is 12.6 Å². The summed E-state index contributed by atoms with van der Waals surface area (Å²) < 4.78 is 41.9. The Morgan fingerprint density at radius 1 is 1.21 bits per heavy atom. The summed E-state index contributed by atoms with van der Waals surface area (Å²) in [4.78, 5) is 11.0. The number of hydrogen-bond donors (Lipinski definition) is 1. The molecule has 3 aliphatic rings. The molecule has 0 radical (unpaired) electrons. The smallest absolute Gasteiger partial charge is 0.383 e. The predicted molar refractivity (Wildman–Crippen MR) is 99.4 cm³/mol. The van der Waals surface area contributed by atoms with Crippen molar-refractivity contribution in [2.75, 3.05) is 25.4 Å². The molecular weight excluding hydrogens is 367 g/mol. The molecule has 0 spiro atoms. The Hall–Kier alpha value is -2.09. The fourth-order valence-electron chi connectivity index (χ4n) is 4.66. The molecule has 3 heterocycles. The van der Waals surface area contributed by atoms with Gasteiger partial charge >= 0.3 is 6.18 Å². The van der Waals surface area contributed by atoms with Crippen molar-refractivity contribution >= 4 is 5.82 Å². The standard InChI is InChI=1S/C20H24F3N5/c1-2-27-8-13-14(9-27)18(13)28-10-16(26-17(28)5-11-3-4-11)12-6-15(20(21,22)23)19(24)25-7-12/h6-7,10-11,13-14,18H,2-5,8-9H2,1H3,(H2,24,25)/t13-,14+,18+. The zero-order valence-corrected chi connectivity index (χ0v) is 15.8. The maximum Gasteiger partial charge on any atom is 0.419 e. The molecule has 1 aliphatic heterocycles. The number of alkyl halides is 3. The lowest BCUT2D eigenvalue weighted by Crippen LogP contribution is -2.25. The van der Waals surface area contributed by atoms with Gasteiger partial charge in [0.2, 0.25) is 0 Å². The monoisotopic (exact) mass is 391 g/mol. The van der Waals surface area contributed by atoms with Crippen LogP contribution >= 0.6 is 0 Å². The number of imidazole rings is 1. The van der Waals surface area contributed by atoms with Crippen molar-refractivity contribution in [1.29, 1.82) is 0 Å². The fourth-order valence-corrected chi connectivity index (χ4v) is 4.66. The number of fused-ring (bicyclic) bond motifs is 1. The van der Waals surface area contributed by atoms with E-state index < -0.39 is 17.6 Å². The molecule has 0 amide bonds. The van der Waals surface area contributed by atoms with Crippen LogP contribution in [0.15, 0.2) is 18.5 Å². The van der Waals surface area contributed by atoms with Gasteiger partial charge in [-0.3, -0.25) is 0 Å². The van der Waals surface area contributed by atoms with E-state index in [9.17, 15) is 13.2 Å². The first-order valence-electron chi connectivity index (χ1n) is 9.98. The van der Waals surface area contributed by atoms with E-state index in [1.807, 2.05) is 6.20 Å². The molecule has 3 atom stereocenters. The molecule has 1 saturated heterocycles. The number of nitrogens with two attached hydrogens (primary N) is 1. The van der Waals surface area contributed by atoms with Gasteiger partial charge in [0.15, 0.2) is 0 Å². The lowest BCUT2D eigenvalue weighted by Gasteiger charge is -2.18. The number of rotatable bonds is 5. The van der Waals surface area contributed by atoms with E-state index in [1.165, 1.54) is 19.0 Å². The highest BCUT2D eigenvalue weighted by Crippen LogP contribution is 2.56. The SMILES string of the molecule is CCN1C[C@@H]2[C@H](C1)[C@H]2n1cc(-c2cnc(N)c(C(F)(F)F)c2)nc1CC1CC1. The average molecular weight is 391 g/mol. The summed E-state index contributed by atoms with van der Waals surface area (Å²) in [7, 11) is 0. The van der Waals surface area contributed by atoms with Crippen molar-refractivity contribution in [3.05, 3.63) is 29.8 Å². The van der Waals surface area contributed by atoms with Crippen LogP contribution in [-0.4, -0.2) is 39.1 Å². The maximum atomic E-state index is 13.2. The summed E-state index contributed by atoms with van der Waals surface area (Å²) in [6.45, 7) is 5.45. The largest absolute Gasteiger partial charge is 0.419 e. The maximum absolute atomic E-state index is 13.2. The third-order valence-corrected chi connectivity index (χ3v) is 6.49. The molecule has 28 heavy (non-hydrogen) atoms. The minimum absolute atomic E-state index is 0.373. The number of piperidine rings is 1. The second-order valence-electron chi connectivity index (χ2n) is 8.42. The lowest BCUT2D eigenvalue weighted by molar-refractivity contribution is -0.137. The predicted octanol–water partition coefficient (Wildman–Crippen LogP) is 3.62. The first kappa shape index (κ1) is 18.0. The fraction of sp³-hybridized carbons (Fsp3) is 0.600. The van der Waals surface area contributed by atoms with E-state index in [2.05, 4.69) is 21.4 Å². The van der Waals surface area contributed by atoms with Gasteiger partial charge in [-0.15, -0.1) is 0 Å². The van der Waals surface area contributed by atoms with Crippen molar-refractivity contribution in [2.24, 2.45) is 17.8 Å². The molecule has 3 fully saturated rings. The molecule has 150 valence electrons. The van der Waals surface area contributed by atoms with Gasteiger partial charge in [-0.05, 0) is 43.2 Å². The third-order valence-electron chi connectivity index (χ3n) is 6.49. The highest BCUT2D eigenvalue weighted by molar-refractivity contribution is 5.62. The van der Waals surface area contributed by atoms with Gasteiger partial charge in [0, 0.05) is 43.5 Å². The summed E-state index contributed by atoms with van der Waals surface area (Å²) in [6, 6.07) is 1.50. The molecule has 2 aliphatic carbocycles. The van der Waals surface area contributed by atoms with E-state index >= 15 is 0 Å². The quantitative estimate of drug-likeness (QED) is 0.846. The summed E-state index contributed by atoms with van der Waals surface area (Å²) in [6.07, 6.45) is 2.14. The highest BCUT2D eigenvalue weighted by Gasteiger charge is 2.57. The van der Waals surface area contributed by atoms with E-state index in [0.717, 1.165) is 37.9 Å². The first-order valence-corrected chi connectivity index (χ1v) is 9.98. The topological polar surface area (TPSA) is 60.0 Å². The van der Waals surface area contributed by atoms with Crippen molar-refractivity contribution < 1.29 is 13.2 Å². The zero-order chi connectivity index (χ0) is 19.6. The number of nitrogens with zero attached hydrogens (tertiary/aromatic N) is 4. The van der Waals surface area contributed by atoms with Crippen LogP contribution in [0.4, 0.5) is 19.0 Å². The normalized spacial score (nSPS) is 27.2. The molecule has 8 heteroatoms. The molecule has 0 aromatic carbocycles. The molecule has 2 N–H and O–H groups in total. The van der Waals surface area contributed by atoms with E-state index in [0.29, 0.717) is 35.1 Å². The number of likely N-dealkylation sites (tertiary alicyclic amines) is 1. The Balaban J connectivity index is 1.47. The number of pyridine rings is 1. The number of hydrogen-bond acceptors (Lipinski definition) is 4. The van der Waals surface area contributed by atoms with Crippen molar-refractivity contribution in [2.45, 2.75) is 38.4 Å². The van der Waals surface area contributed by atoms with Gasteiger partial charge in [-0.25, -0.2) is 9.97 Å². The van der Waals surface area contributed by atoms with Gasteiger partial charge in [-0.2, -0.15) is 13.2 Å². The second-order valence-corrected chi connectivity index (χ2v) is 8.42. The number of halogens is 3. The average Bonchev–Trinajstić information content (AvgIpc) is 3.49. The number of aromatic nitrogens is 3. The minimum Gasteiger partial charge on any atom is -0.383 e. The van der Waals surface area contributed by atoms with Crippen molar-refractivity contribution in [3.8, 4) is 11.3 Å². The Bertz CT molecular complexity index is 890. The van der Waals surface area contributed by atoms with E-state index in [1.54, 1.807) is 0 Å². The van der Waals surface area contributed by atoms with Crippen LogP contribution in [0.25, 0.3) is 11.3 Å². The van der Waals surface area contributed by atoms with Crippen LogP contribution < -0.4 is 5.73 Å². The molecule has 5 rings (SSSR count). The Kier molecular flexibility index (Phi) is 3.98. The summed E-state index contributed by atoms with van der Waals surface area (Å²) >= 11 is 0. The molecular formula is C20H24F3N5. The number of anilines is 1. The number of nitrogen functional groups attached to an aromatic ring is 1. The van der Waals surface area contributed by atoms with Gasteiger partial charge in [0.05, 0.1) is 11.3 Å². The van der Waals surface area contributed by atoms with Crippen LogP contribution in [0.3, 0.4) is 0 Å². The van der Waals surface area contributed by atoms with Crippen LogP contribution in [0.5, 0.6) is 0 Å². The Morgan fingerprint density at radius 3 is 2.54 bits per heavy atom. The van der Waals surface area contributed by atoms with E-state index in [4.69, 9.17) is 10.7 Å². The molecule has 0 bridgehead atoms. The van der Waals surface area contributed by atoms with Crippen molar-refractivity contribution in [3.63, 3.8) is 0 Å². The molecule has 2 aromatic heterocycles. The van der Waals surface area contributed by atoms with Crippen molar-refractivity contribution in [1.82, 2.24) is 19.4 Å². The van der Waals surface area contributed by atoms with Gasteiger partial charge in [0.1, 0.15) is 11.6 Å². The molecule has 5 nitrogen and oxygen atoms in total. The summed E-state index contributed by atoms with van der Waals surface area (Å²) in [5.74, 6) is 2.44. The highest BCUT2D eigenvalue weighted by atomic mass is 19.4. The molecule has 0 unspecified atom stereocenters. The van der Waals surface area contributed by atoms with Crippen LogP contribution in [0.1, 0.15) is 37.2 Å². The summed E-state index contributed by atoms with van der Waals surface area (Å²) in [5.41, 5.74) is 5.48. The summed E-state index contributed by atoms with van der Waals surface area (Å²) in [5, 5.41) is 0. The van der Waals surface area contributed by atoms with Crippen LogP contribution in [0, 0.1) is 17.8 Å². The van der Waals surface area contributed by atoms with Gasteiger partial charge in [0.25, 0.3) is 0 Å². The van der Waals surface area contributed by atoms with Gasteiger partial charge in [-0.1, -0.05) is 6.92 Å². The first-order chi connectivity index (χ1) is 13.3. The zero-order valence-electron chi connectivity index (χ0n) is 15.8. The Morgan fingerprint density at radius 2 is 1.93 bits per heavy atom. The van der Waals surface area contributed by atoms with Crippen LogP contribution in [0.2, 0.25) is 0 Å². The second kappa shape index (κ2) is 6.20. The van der Waals surface area contributed by atoms with Gasteiger partial charge < -0.3 is 15.2 Å².